The molecule has 52 heavy (non-hydrogen) atoms. The Morgan fingerprint density at radius 3 is 1.21 bits per heavy atom. The Labute approximate surface area is 311 Å². The van der Waals surface area contributed by atoms with Crippen LogP contribution in [0.15, 0.2) is 109 Å². The van der Waals surface area contributed by atoms with Crippen LogP contribution in [0.1, 0.15) is 82.7 Å². The van der Waals surface area contributed by atoms with Crippen molar-refractivity contribution in [1.82, 2.24) is 10.6 Å². The first-order valence-electron chi connectivity index (χ1n) is 19.2. The first-order chi connectivity index (χ1) is 25.1. The number of nitrogens with one attached hydrogen (secondary N) is 2. The number of rotatable bonds is 17. The minimum Gasteiger partial charge on any atom is -0.347 e. The molecule has 2 amide bonds. The van der Waals surface area contributed by atoms with E-state index >= 15 is 0 Å². The Balaban J connectivity index is 0.924. The molecule has 0 radical (unpaired) electrons. The lowest BCUT2D eigenvalue weighted by molar-refractivity contribution is -0.891. The molecule has 2 heterocycles. The number of hydrogen-bond donors (Lipinski definition) is 2. The number of carbonyl (C=O) groups excluding carboxylic acids is 2. The number of quaternary nitrogens is 2. The zero-order valence-corrected chi connectivity index (χ0v) is 31.6. The lowest BCUT2D eigenvalue weighted by atomic mass is 10.0. The molecule has 2 unspecified atom stereocenters. The summed E-state index contributed by atoms with van der Waals surface area (Å²) in [6, 6.07) is 36.6. The predicted octanol–water partition coefficient (Wildman–Crippen LogP) is 7.38. The lowest BCUT2D eigenvalue weighted by Gasteiger charge is -2.40. The van der Waals surface area contributed by atoms with Crippen molar-refractivity contribution in [3.8, 4) is 0 Å². The number of carbonyl (C=O) groups is 2. The number of hydrogen-bond acceptors (Lipinski definition) is 4. The highest BCUT2D eigenvalue weighted by molar-refractivity contribution is 6.02. The van der Waals surface area contributed by atoms with E-state index in [1.807, 2.05) is 72.8 Å². The minimum absolute atomic E-state index is 0.00382. The van der Waals surface area contributed by atoms with Crippen LogP contribution in [0.5, 0.6) is 0 Å². The molecule has 8 nitrogen and oxygen atoms in total. The van der Waals surface area contributed by atoms with Gasteiger partial charge < -0.3 is 29.4 Å². The van der Waals surface area contributed by atoms with Gasteiger partial charge in [0.25, 0.3) is 11.8 Å². The molecule has 0 fully saturated rings. The van der Waals surface area contributed by atoms with E-state index in [4.69, 9.17) is 0 Å². The zero-order valence-electron chi connectivity index (χ0n) is 31.6. The molecule has 0 saturated carbocycles. The highest BCUT2D eigenvalue weighted by Gasteiger charge is 2.33. The van der Waals surface area contributed by atoms with Crippen molar-refractivity contribution >= 4 is 23.2 Å². The molecular formula is C44H58N6O2+2. The van der Waals surface area contributed by atoms with E-state index < -0.39 is 0 Å². The number of amides is 2. The first-order valence-corrected chi connectivity index (χ1v) is 19.2. The Morgan fingerprint density at radius 1 is 0.462 bits per heavy atom. The van der Waals surface area contributed by atoms with E-state index in [9.17, 15) is 9.59 Å². The van der Waals surface area contributed by atoms with Crippen molar-refractivity contribution in [1.29, 1.82) is 0 Å². The Morgan fingerprint density at radius 2 is 0.808 bits per heavy atom. The van der Waals surface area contributed by atoms with Gasteiger partial charge in [-0.15, -0.1) is 0 Å². The molecular weight excluding hydrogens is 645 g/mol. The van der Waals surface area contributed by atoms with Gasteiger partial charge in [0.15, 0.2) is 0 Å². The van der Waals surface area contributed by atoms with Crippen LogP contribution in [0.25, 0.3) is 0 Å². The van der Waals surface area contributed by atoms with Crippen LogP contribution in [0.3, 0.4) is 0 Å². The number of anilines is 2. The summed E-state index contributed by atoms with van der Waals surface area (Å²) in [6.45, 7) is 6.30. The van der Waals surface area contributed by atoms with Crippen molar-refractivity contribution in [3.05, 3.63) is 131 Å². The van der Waals surface area contributed by atoms with Crippen molar-refractivity contribution < 1.29 is 18.6 Å². The maximum atomic E-state index is 12.9. The molecule has 0 spiro atoms. The standard InChI is InChI=1S/C44H56N6O2/c1-49(2,33-19-29-47-39-27-15-13-25-37(39)43(51)45-41(47)35-21-9-7-10-22-35)31-17-5-6-18-32-50(3,4)34-20-30-48-40-28-16-14-26-38(40)44(52)46-42(48)36-23-11-8-12-24-36/h7-16,21-28,41-42H,5-6,17-20,29-34H2,1-4H3/p+2. The number of unbranched alkanes of at least 4 members (excludes halogenated alkanes) is 3. The van der Waals surface area contributed by atoms with E-state index in [1.54, 1.807) is 0 Å². The van der Waals surface area contributed by atoms with E-state index in [-0.39, 0.29) is 24.1 Å². The predicted molar refractivity (Wildman–Crippen MR) is 212 cm³/mol. The normalized spacial score (nSPS) is 17.3. The first kappa shape index (κ1) is 37.1. The van der Waals surface area contributed by atoms with Gasteiger partial charge in [0, 0.05) is 25.9 Å². The molecule has 6 rings (SSSR count). The fourth-order valence-corrected chi connectivity index (χ4v) is 7.96. The molecule has 8 heteroatoms. The summed E-state index contributed by atoms with van der Waals surface area (Å²) in [6.07, 6.45) is 6.77. The number of para-hydroxylation sites is 2. The quantitative estimate of drug-likeness (QED) is 0.0891. The summed E-state index contributed by atoms with van der Waals surface area (Å²) in [5.74, 6) is -0.00763. The molecule has 0 bridgehead atoms. The van der Waals surface area contributed by atoms with Crippen LogP contribution in [0.4, 0.5) is 11.4 Å². The average molecular weight is 703 g/mol. The van der Waals surface area contributed by atoms with Crippen LogP contribution in [-0.2, 0) is 0 Å². The van der Waals surface area contributed by atoms with Gasteiger partial charge in [-0.2, -0.15) is 0 Å². The third-order valence-electron chi connectivity index (χ3n) is 10.9. The van der Waals surface area contributed by atoms with Gasteiger partial charge in [-0.25, -0.2) is 0 Å². The number of nitrogens with zero attached hydrogens (tertiary/aromatic N) is 4. The zero-order chi connectivity index (χ0) is 36.6. The van der Waals surface area contributed by atoms with Crippen LogP contribution >= 0.6 is 0 Å². The van der Waals surface area contributed by atoms with Crippen molar-refractivity contribution in [2.75, 3.05) is 77.3 Å². The number of fused-ring (bicyclic) bond motifs is 2. The fourth-order valence-electron chi connectivity index (χ4n) is 7.96. The summed E-state index contributed by atoms with van der Waals surface area (Å²) in [4.78, 5) is 30.6. The van der Waals surface area contributed by atoms with Gasteiger partial charge in [0.1, 0.15) is 12.3 Å². The van der Waals surface area contributed by atoms with Gasteiger partial charge >= 0.3 is 0 Å². The van der Waals surface area contributed by atoms with Crippen LogP contribution in [0.2, 0.25) is 0 Å². The Kier molecular flexibility index (Phi) is 12.0. The van der Waals surface area contributed by atoms with Crippen LogP contribution in [0, 0.1) is 0 Å². The maximum absolute atomic E-state index is 12.9. The third kappa shape index (κ3) is 9.22. The van der Waals surface area contributed by atoms with Gasteiger partial charge in [-0.1, -0.05) is 84.9 Å². The highest BCUT2D eigenvalue weighted by Crippen LogP contribution is 2.34. The van der Waals surface area contributed by atoms with E-state index in [0.717, 1.165) is 81.6 Å². The molecule has 274 valence electrons. The van der Waals surface area contributed by atoms with Gasteiger partial charge in [-0.05, 0) is 61.1 Å². The molecule has 4 aromatic rings. The Bertz CT molecular complexity index is 1640. The molecule has 4 aromatic carbocycles. The molecule has 0 aromatic heterocycles. The monoisotopic (exact) mass is 702 g/mol. The second-order valence-corrected chi connectivity index (χ2v) is 15.9. The fraction of sp³-hybridized carbons (Fsp3) is 0.409. The third-order valence-corrected chi connectivity index (χ3v) is 10.9. The van der Waals surface area contributed by atoms with E-state index in [1.165, 1.54) is 38.8 Å². The molecule has 2 aliphatic heterocycles. The van der Waals surface area contributed by atoms with Crippen molar-refractivity contribution in [3.63, 3.8) is 0 Å². The van der Waals surface area contributed by atoms with E-state index in [2.05, 4.69) is 85.0 Å². The van der Waals surface area contributed by atoms with Crippen molar-refractivity contribution in [2.24, 2.45) is 0 Å². The topological polar surface area (TPSA) is 64.7 Å². The largest absolute Gasteiger partial charge is 0.347 e. The molecule has 2 N–H and O–H groups in total. The molecule has 2 aliphatic rings. The minimum atomic E-state index is -0.155. The van der Waals surface area contributed by atoms with Gasteiger partial charge in [0.05, 0.1) is 76.9 Å². The van der Waals surface area contributed by atoms with Crippen molar-refractivity contribution in [2.45, 2.75) is 50.9 Å². The van der Waals surface area contributed by atoms with Gasteiger partial charge in [0.2, 0.25) is 0 Å². The summed E-state index contributed by atoms with van der Waals surface area (Å²) in [5, 5.41) is 6.51. The summed E-state index contributed by atoms with van der Waals surface area (Å²) >= 11 is 0. The SMILES string of the molecule is C[N+](C)(CCCCCC[N+](C)(C)CCCN1c2ccccc2C(=O)NC1c1ccccc1)CCCN1c2ccccc2C(=O)NC1c1ccccc1. The smallest absolute Gasteiger partial charge is 0.255 e. The average Bonchev–Trinajstić information content (AvgIpc) is 3.15. The molecule has 2 atom stereocenters. The second-order valence-electron chi connectivity index (χ2n) is 15.9. The number of benzene rings is 4. The molecule has 0 saturated heterocycles. The second kappa shape index (κ2) is 16.8. The lowest BCUT2D eigenvalue weighted by Crippen LogP contribution is -2.48. The summed E-state index contributed by atoms with van der Waals surface area (Å²) in [5.41, 5.74) is 5.77. The van der Waals surface area contributed by atoms with E-state index in [0.29, 0.717) is 0 Å². The Hall–Kier alpha value is -4.66. The summed E-state index contributed by atoms with van der Waals surface area (Å²) < 4.78 is 2.01. The van der Waals surface area contributed by atoms with Crippen LogP contribution in [-0.4, -0.2) is 88.2 Å². The summed E-state index contributed by atoms with van der Waals surface area (Å²) in [7, 11) is 9.43. The van der Waals surface area contributed by atoms with Crippen LogP contribution < -0.4 is 20.4 Å². The molecule has 0 aliphatic carbocycles. The highest BCUT2D eigenvalue weighted by atomic mass is 16.2. The maximum Gasteiger partial charge on any atom is 0.255 e. The van der Waals surface area contributed by atoms with Gasteiger partial charge in [-0.3, -0.25) is 9.59 Å².